The van der Waals surface area contributed by atoms with Gasteiger partial charge in [-0.15, -0.1) is 0 Å². The molecule has 1 saturated carbocycles. The normalized spacial score (nSPS) is 29.0. The molecule has 1 aliphatic heterocycles. The van der Waals surface area contributed by atoms with Gasteiger partial charge < -0.3 is 5.32 Å². The van der Waals surface area contributed by atoms with Crippen LogP contribution >= 0.6 is 11.3 Å². The molecule has 1 saturated heterocycles. The van der Waals surface area contributed by atoms with Gasteiger partial charge in [0.05, 0.1) is 0 Å². The van der Waals surface area contributed by atoms with Crippen molar-refractivity contribution >= 4 is 11.3 Å². The van der Waals surface area contributed by atoms with E-state index in [-0.39, 0.29) is 0 Å². The van der Waals surface area contributed by atoms with Crippen molar-refractivity contribution in [1.29, 1.82) is 0 Å². The predicted molar refractivity (Wildman–Crippen MR) is 82.7 cm³/mol. The summed E-state index contributed by atoms with van der Waals surface area (Å²) in [6, 6.07) is 3.75. The van der Waals surface area contributed by atoms with Crippen molar-refractivity contribution in [2.45, 2.75) is 45.2 Å². The Morgan fingerprint density at radius 1 is 1.42 bits per heavy atom. The first-order chi connectivity index (χ1) is 9.24. The molecule has 2 unspecified atom stereocenters. The molecule has 0 bridgehead atoms. The average Bonchev–Trinajstić information content (AvgIpc) is 3.12. The Bertz CT molecular complexity index is 383. The number of piperazine rings is 1. The van der Waals surface area contributed by atoms with Gasteiger partial charge in [0.1, 0.15) is 0 Å². The lowest BCUT2D eigenvalue weighted by Crippen LogP contribution is -2.59. The molecule has 19 heavy (non-hydrogen) atoms. The Labute approximate surface area is 121 Å². The minimum absolute atomic E-state index is 0.678. The van der Waals surface area contributed by atoms with E-state index in [0.29, 0.717) is 6.04 Å². The van der Waals surface area contributed by atoms with Gasteiger partial charge in [-0.05, 0) is 53.5 Å². The van der Waals surface area contributed by atoms with E-state index in [4.69, 9.17) is 0 Å². The molecule has 106 valence electrons. The predicted octanol–water partition coefficient (Wildman–Crippen LogP) is 3.00. The quantitative estimate of drug-likeness (QED) is 0.891. The summed E-state index contributed by atoms with van der Waals surface area (Å²) in [7, 11) is 0. The Balaban J connectivity index is 1.59. The van der Waals surface area contributed by atoms with Gasteiger partial charge >= 0.3 is 0 Å². The van der Waals surface area contributed by atoms with Gasteiger partial charge in [-0.25, -0.2) is 0 Å². The van der Waals surface area contributed by atoms with Crippen LogP contribution in [0.2, 0.25) is 0 Å². The highest BCUT2D eigenvalue weighted by molar-refractivity contribution is 7.07. The molecule has 1 aromatic heterocycles. The van der Waals surface area contributed by atoms with Crippen molar-refractivity contribution in [2.24, 2.45) is 11.8 Å². The minimum Gasteiger partial charge on any atom is -0.311 e. The summed E-state index contributed by atoms with van der Waals surface area (Å²) in [5.74, 6) is 1.71. The molecule has 2 fully saturated rings. The van der Waals surface area contributed by atoms with Crippen LogP contribution in [-0.4, -0.2) is 36.6 Å². The molecule has 3 heteroatoms. The van der Waals surface area contributed by atoms with Gasteiger partial charge in [0.25, 0.3) is 0 Å². The van der Waals surface area contributed by atoms with E-state index in [0.717, 1.165) is 17.9 Å². The molecule has 0 radical (unpaired) electrons. The van der Waals surface area contributed by atoms with Gasteiger partial charge in [-0.2, -0.15) is 11.3 Å². The summed E-state index contributed by atoms with van der Waals surface area (Å²) < 4.78 is 0. The van der Waals surface area contributed by atoms with Gasteiger partial charge in [0.15, 0.2) is 0 Å². The first-order valence-electron chi connectivity index (χ1n) is 7.72. The zero-order valence-electron chi connectivity index (χ0n) is 12.1. The Morgan fingerprint density at radius 2 is 2.26 bits per heavy atom. The van der Waals surface area contributed by atoms with E-state index in [1.807, 2.05) is 11.3 Å². The second-order valence-corrected chi connectivity index (χ2v) is 7.32. The molecule has 0 spiro atoms. The van der Waals surface area contributed by atoms with Crippen LogP contribution in [0, 0.1) is 11.8 Å². The average molecular weight is 278 g/mol. The van der Waals surface area contributed by atoms with Crippen molar-refractivity contribution in [3.63, 3.8) is 0 Å². The third-order valence-electron chi connectivity index (χ3n) is 4.73. The van der Waals surface area contributed by atoms with Gasteiger partial charge in [0.2, 0.25) is 0 Å². The fourth-order valence-electron chi connectivity index (χ4n) is 3.21. The lowest BCUT2D eigenvalue weighted by atomic mass is 9.97. The highest BCUT2D eigenvalue weighted by Gasteiger charge is 2.38. The van der Waals surface area contributed by atoms with Crippen LogP contribution in [0.3, 0.4) is 0 Å². The summed E-state index contributed by atoms with van der Waals surface area (Å²) >= 11 is 1.82. The number of hydrogen-bond acceptors (Lipinski definition) is 3. The molecule has 3 rings (SSSR count). The van der Waals surface area contributed by atoms with Crippen LogP contribution in [0.25, 0.3) is 0 Å². The van der Waals surface area contributed by atoms with E-state index in [1.54, 1.807) is 0 Å². The molecular formula is C16H26N2S. The monoisotopic (exact) mass is 278 g/mol. The Kier molecular flexibility index (Phi) is 4.25. The van der Waals surface area contributed by atoms with Crippen LogP contribution < -0.4 is 5.32 Å². The van der Waals surface area contributed by atoms with Crippen LogP contribution in [0.5, 0.6) is 0 Å². The summed E-state index contributed by atoms with van der Waals surface area (Å²) in [6.07, 6.45) is 4.12. The highest BCUT2D eigenvalue weighted by Crippen LogP contribution is 2.36. The fourth-order valence-corrected chi connectivity index (χ4v) is 3.91. The van der Waals surface area contributed by atoms with E-state index in [9.17, 15) is 0 Å². The van der Waals surface area contributed by atoms with Crippen molar-refractivity contribution in [3.8, 4) is 0 Å². The maximum absolute atomic E-state index is 3.77. The van der Waals surface area contributed by atoms with Crippen molar-refractivity contribution in [2.75, 3.05) is 19.6 Å². The molecule has 0 aromatic carbocycles. The summed E-state index contributed by atoms with van der Waals surface area (Å²) in [5, 5.41) is 8.27. The summed E-state index contributed by atoms with van der Waals surface area (Å²) in [4.78, 5) is 2.77. The third-order valence-corrected chi connectivity index (χ3v) is 5.46. The molecule has 1 aliphatic carbocycles. The largest absolute Gasteiger partial charge is 0.311 e. The SMILES string of the molecule is CC(C)C1CN(CCc2ccsc2)C(C2CC2)CN1. The fraction of sp³-hybridized carbons (Fsp3) is 0.750. The lowest BCUT2D eigenvalue weighted by molar-refractivity contribution is 0.101. The van der Waals surface area contributed by atoms with Crippen molar-refractivity contribution in [1.82, 2.24) is 10.2 Å². The topological polar surface area (TPSA) is 15.3 Å². The minimum atomic E-state index is 0.678. The van der Waals surface area contributed by atoms with Gasteiger partial charge in [-0.3, -0.25) is 4.90 Å². The number of hydrogen-bond donors (Lipinski definition) is 1. The number of thiophene rings is 1. The van der Waals surface area contributed by atoms with E-state index in [2.05, 4.69) is 40.9 Å². The Morgan fingerprint density at radius 3 is 2.89 bits per heavy atom. The van der Waals surface area contributed by atoms with E-state index < -0.39 is 0 Å². The van der Waals surface area contributed by atoms with Crippen molar-refractivity contribution in [3.05, 3.63) is 22.4 Å². The molecular weight excluding hydrogens is 252 g/mol. The third kappa shape index (κ3) is 3.39. The Hall–Kier alpha value is -0.380. The maximum atomic E-state index is 3.77. The molecule has 0 amide bonds. The van der Waals surface area contributed by atoms with Crippen LogP contribution in [-0.2, 0) is 6.42 Å². The van der Waals surface area contributed by atoms with Crippen LogP contribution in [0.4, 0.5) is 0 Å². The molecule has 2 atom stereocenters. The molecule has 1 N–H and O–H groups in total. The lowest BCUT2D eigenvalue weighted by Gasteiger charge is -2.42. The summed E-state index contributed by atoms with van der Waals surface area (Å²) in [5.41, 5.74) is 1.51. The standard InChI is InChI=1S/C16H26N2S/c1-12(2)15-10-18(7-5-13-6-8-19-11-13)16(9-17-15)14-3-4-14/h6,8,11-12,14-17H,3-5,7,9-10H2,1-2H3. The second kappa shape index (κ2) is 5.94. The first kappa shape index (κ1) is 13.6. The number of nitrogens with one attached hydrogen (secondary N) is 1. The highest BCUT2D eigenvalue weighted by atomic mass is 32.1. The van der Waals surface area contributed by atoms with Crippen LogP contribution in [0.15, 0.2) is 16.8 Å². The van der Waals surface area contributed by atoms with E-state index >= 15 is 0 Å². The molecule has 1 aromatic rings. The second-order valence-electron chi connectivity index (χ2n) is 6.54. The molecule has 2 nitrogen and oxygen atoms in total. The van der Waals surface area contributed by atoms with Gasteiger partial charge in [0, 0.05) is 31.7 Å². The first-order valence-corrected chi connectivity index (χ1v) is 8.67. The maximum Gasteiger partial charge on any atom is 0.0249 e. The van der Waals surface area contributed by atoms with Crippen molar-refractivity contribution < 1.29 is 0 Å². The smallest absolute Gasteiger partial charge is 0.0249 e. The summed E-state index contributed by atoms with van der Waals surface area (Å²) in [6.45, 7) is 8.36. The van der Waals surface area contributed by atoms with E-state index in [1.165, 1.54) is 44.5 Å². The number of rotatable bonds is 5. The molecule has 2 aliphatic rings. The number of nitrogens with zero attached hydrogens (tertiary/aromatic N) is 1. The van der Waals surface area contributed by atoms with Crippen LogP contribution in [0.1, 0.15) is 32.3 Å². The molecule has 2 heterocycles. The zero-order chi connectivity index (χ0) is 13.2. The zero-order valence-corrected chi connectivity index (χ0v) is 13.0. The van der Waals surface area contributed by atoms with Gasteiger partial charge in [-0.1, -0.05) is 13.8 Å².